The third-order valence-corrected chi connectivity index (χ3v) is 3.65. The van der Waals surface area contributed by atoms with Gasteiger partial charge in [0.1, 0.15) is 5.82 Å². The van der Waals surface area contributed by atoms with Crippen molar-refractivity contribution in [3.05, 3.63) is 70.5 Å². The van der Waals surface area contributed by atoms with Crippen molar-refractivity contribution in [3.63, 3.8) is 0 Å². The summed E-state index contributed by atoms with van der Waals surface area (Å²) in [6, 6.07) is 12.9. The molecule has 0 aliphatic carbocycles. The van der Waals surface area contributed by atoms with Crippen molar-refractivity contribution in [3.8, 4) is 0 Å². The number of nitrogens with two attached hydrogens (primary N) is 1. The van der Waals surface area contributed by atoms with Crippen LogP contribution in [-0.4, -0.2) is 0 Å². The Kier molecular flexibility index (Phi) is 3.72. The molecule has 1 nitrogen and oxygen atoms in total. The molecule has 2 N–H and O–H groups in total. The first-order valence-electron chi connectivity index (χ1n) is 6.49. The van der Waals surface area contributed by atoms with Gasteiger partial charge in [0.2, 0.25) is 0 Å². The fourth-order valence-electron chi connectivity index (χ4n) is 2.23. The molecule has 0 heterocycles. The van der Waals surface area contributed by atoms with Gasteiger partial charge in [0.05, 0.1) is 0 Å². The molecule has 19 heavy (non-hydrogen) atoms. The van der Waals surface area contributed by atoms with Gasteiger partial charge in [0, 0.05) is 5.54 Å². The Balaban J connectivity index is 2.26. The lowest BCUT2D eigenvalue weighted by Gasteiger charge is -2.26. The first-order chi connectivity index (χ1) is 8.88. The van der Waals surface area contributed by atoms with E-state index in [9.17, 15) is 4.39 Å². The van der Waals surface area contributed by atoms with Crippen molar-refractivity contribution < 1.29 is 4.39 Å². The Morgan fingerprint density at radius 1 is 1.00 bits per heavy atom. The molecule has 0 spiro atoms. The summed E-state index contributed by atoms with van der Waals surface area (Å²) in [6.45, 7) is 6.19. The van der Waals surface area contributed by atoms with E-state index in [2.05, 4.69) is 32.0 Å². The average molecular weight is 257 g/mol. The van der Waals surface area contributed by atoms with Crippen molar-refractivity contribution in [2.45, 2.75) is 32.7 Å². The second-order valence-corrected chi connectivity index (χ2v) is 5.52. The maximum atomic E-state index is 12.9. The van der Waals surface area contributed by atoms with Crippen LogP contribution in [0, 0.1) is 19.7 Å². The minimum atomic E-state index is -0.448. The predicted octanol–water partition coefficient (Wildman–Crippen LogP) is 3.86. The summed E-state index contributed by atoms with van der Waals surface area (Å²) in [5.41, 5.74) is 10.7. The molecule has 100 valence electrons. The molecule has 0 fully saturated rings. The third-order valence-electron chi connectivity index (χ3n) is 3.65. The summed E-state index contributed by atoms with van der Waals surface area (Å²) >= 11 is 0. The molecule has 0 amide bonds. The first-order valence-corrected chi connectivity index (χ1v) is 6.49. The van der Waals surface area contributed by atoms with Crippen LogP contribution in [0.2, 0.25) is 0 Å². The topological polar surface area (TPSA) is 26.0 Å². The highest BCUT2D eigenvalue weighted by atomic mass is 19.1. The van der Waals surface area contributed by atoms with E-state index < -0.39 is 5.54 Å². The van der Waals surface area contributed by atoms with E-state index in [1.807, 2.05) is 6.92 Å². The number of hydrogen-bond donors (Lipinski definition) is 1. The zero-order valence-corrected chi connectivity index (χ0v) is 11.7. The Labute approximate surface area is 114 Å². The van der Waals surface area contributed by atoms with Crippen LogP contribution < -0.4 is 5.73 Å². The Morgan fingerprint density at radius 2 is 1.63 bits per heavy atom. The van der Waals surface area contributed by atoms with E-state index in [1.54, 1.807) is 12.1 Å². The van der Waals surface area contributed by atoms with Crippen LogP contribution in [0.15, 0.2) is 42.5 Å². The Hall–Kier alpha value is -1.67. The highest BCUT2D eigenvalue weighted by Gasteiger charge is 2.22. The summed E-state index contributed by atoms with van der Waals surface area (Å²) in [6.07, 6.45) is 0.690. The largest absolute Gasteiger partial charge is 0.321 e. The maximum absolute atomic E-state index is 12.9. The number of halogens is 1. The van der Waals surface area contributed by atoms with Crippen molar-refractivity contribution in [1.82, 2.24) is 0 Å². The van der Waals surface area contributed by atoms with Gasteiger partial charge in [-0.2, -0.15) is 0 Å². The fourth-order valence-corrected chi connectivity index (χ4v) is 2.23. The SMILES string of the molecule is Cc1ccc(C(C)(N)Cc2ccc(F)cc2)cc1C. The third kappa shape index (κ3) is 3.21. The average Bonchev–Trinajstić information content (AvgIpc) is 2.35. The van der Waals surface area contributed by atoms with E-state index in [4.69, 9.17) is 5.73 Å². The van der Waals surface area contributed by atoms with Crippen LogP contribution in [-0.2, 0) is 12.0 Å². The van der Waals surface area contributed by atoms with E-state index in [0.717, 1.165) is 11.1 Å². The second kappa shape index (κ2) is 5.14. The normalized spacial score (nSPS) is 14.2. The van der Waals surface area contributed by atoms with Gasteiger partial charge in [-0.1, -0.05) is 30.3 Å². The van der Waals surface area contributed by atoms with Gasteiger partial charge in [-0.3, -0.25) is 0 Å². The van der Waals surface area contributed by atoms with Crippen LogP contribution in [0.25, 0.3) is 0 Å². The molecule has 0 saturated heterocycles. The highest BCUT2D eigenvalue weighted by molar-refractivity contribution is 5.35. The predicted molar refractivity (Wildman–Crippen MR) is 77.6 cm³/mol. The molecular weight excluding hydrogens is 237 g/mol. The molecule has 0 aromatic heterocycles. The molecule has 1 unspecified atom stereocenters. The fraction of sp³-hybridized carbons (Fsp3) is 0.294. The number of rotatable bonds is 3. The van der Waals surface area contributed by atoms with Gasteiger partial charge in [-0.15, -0.1) is 0 Å². The molecule has 0 saturated carbocycles. The molecule has 0 aliphatic heterocycles. The smallest absolute Gasteiger partial charge is 0.123 e. The molecule has 2 rings (SSSR count). The zero-order chi connectivity index (χ0) is 14.0. The van der Waals surface area contributed by atoms with E-state index in [0.29, 0.717) is 6.42 Å². The maximum Gasteiger partial charge on any atom is 0.123 e. The summed E-state index contributed by atoms with van der Waals surface area (Å²) < 4.78 is 12.9. The quantitative estimate of drug-likeness (QED) is 0.887. The Morgan fingerprint density at radius 3 is 2.21 bits per heavy atom. The zero-order valence-electron chi connectivity index (χ0n) is 11.7. The van der Waals surface area contributed by atoms with Crippen molar-refractivity contribution >= 4 is 0 Å². The summed E-state index contributed by atoms with van der Waals surface area (Å²) in [5.74, 6) is -0.214. The molecule has 0 bridgehead atoms. The highest BCUT2D eigenvalue weighted by Crippen LogP contribution is 2.24. The van der Waals surface area contributed by atoms with Crippen LogP contribution in [0.3, 0.4) is 0 Å². The summed E-state index contributed by atoms with van der Waals surface area (Å²) in [4.78, 5) is 0. The van der Waals surface area contributed by atoms with Crippen molar-refractivity contribution in [2.75, 3.05) is 0 Å². The second-order valence-electron chi connectivity index (χ2n) is 5.52. The molecule has 2 aromatic carbocycles. The lowest BCUT2D eigenvalue weighted by molar-refractivity contribution is 0.490. The van der Waals surface area contributed by atoms with Gasteiger partial charge in [0.25, 0.3) is 0 Å². The van der Waals surface area contributed by atoms with E-state index in [-0.39, 0.29) is 5.82 Å². The standard InChI is InChI=1S/C17H20FN/c1-12-4-7-15(10-13(12)2)17(3,19)11-14-5-8-16(18)9-6-14/h4-10H,11,19H2,1-3H3. The molecule has 2 aromatic rings. The van der Waals surface area contributed by atoms with Gasteiger partial charge < -0.3 is 5.73 Å². The van der Waals surface area contributed by atoms with Crippen LogP contribution in [0.4, 0.5) is 4.39 Å². The van der Waals surface area contributed by atoms with Crippen LogP contribution >= 0.6 is 0 Å². The lowest BCUT2D eigenvalue weighted by atomic mass is 9.85. The van der Waals surface area contributed by atoms with Crippen LogP contribution in [0.5, 0.6) is 0 Å². The van der Waals surface area contributed by atoms with E-state index in [1.165, 1.54) is 23.3 Å². The van der Waals surface area contributed by atoms with Gasteiger partial charge in [-0.05, 0) is 61.6 Å². The summed E-state index contributed by atoms with van der Waals surface area (Å²) in [7, 11) is 0. The van der Waals surface area contributed by atoms with Gasteiger partial charge >= 0.3 is 0 Å². The van der Waals surface area contributed by atoms with Crippen LogP contribution in [0.1, 0.15) is 29.2 Å². The number of hydrogen-bond acceptors (Lipinski definition) is 1. The molecule has 0 radical (unpaired) electrons. The van der Waals surface area contributed by atoms with E-state index >= 15 is 0 Å². The van der Waals surface area contributed by atoms with Gasteiger partial charge in [0.15, 0.2) is 0 Å². The summed E-state index contributed by atoms with van der Waals surface area (Å²) in [5, 5.41) is 0. The molecule has 2 heteroatoms. The van der Waals surface area contributed by atoms with Gasteiger partial charge in [-0.25, -0.2) is 4.39 Å². The van der Waals surface area contributed by atoms with Crippen molar-refractivity contribution in [2.24, 2.45) is 5.73 Å². The minimum Gasteiger partial charge on any atom is -0.321 e. The first kappa shape index (κ1) is 13.8. The van der Waals surface area contributed by atoms with Crippen molar-refractivity contribution in [1.29, 1.82) is 0 Å². The lowest BCUT2D eigenvalue weighted by Crippen LogP contribution is -2.35. The minimum absolute atomic E-state index is 0.214. The molecular formula is C17H20FN. The molecule has 1 atom stereocenters. The Bertz CT molecular complexity index is 570. The molecule has 0 aliphatic rings. The number of benzene rings is 2. The number of aryl methyl sites for hydroxylation is 2. The monoisotopic (exact) mass is 257 g/mol.